The average Bonchev–Trinajstić information content (AvgIpc) is 3.00. The van der Waals surface area contributed by atoms with Crippen LogP contribution in [0, 0.1) is 0 Å². The van der Waals surface area contributed by atoms with Gasteiger partial charge in [0, 0.05) is 30.9 Å². The molecule has 1 unspecified atom stereocenters. The molecule has 6 nitrogen and oxygen atoms in total. The molecule has 1 fully saturated rings. The van der Waals surface area contributed by atoms with E-state index in [4.69, 9.17) is 4.74 Å². The Morgan fingerprint density at radius 1 is 1.22 bits per heavy atom. The highest BCUT2D eigenvalue weighted by molar-refractivity contribution is 6.12. The van der Waals surface area contributed by atoms with Gasteiger partial charge in [0.25, 0.3) is 0 Å². The van der Waals surface area contributed by atoms with Crippen LogP contribution in [0.25, 0.3) is 0 Å². The van der Waals surface area contributed by atoms with Crippen molar-refractivity contribution in [3.8, 4) is 0 Å². The fourth-order valence-corrected chi connectivity index (χ4v) is 4.01. The Morgan fingerprint density at radius 3 is 2.48 bits per heavy atom. The second-order valence-corrected chi connectivity index (χ2v) is 8.76. The molecular formula is C21H31N3O3. The van der Waals surface area contributed by atoms with E-state index < -0.39 is 17.0 Å². The number of fused-ring (bicyclic) bond motifs is 1. The van der Waals surface area contributed by atoms with Crippen LogP contribution in [0.1, 0.15) is 39.2 Å². The summed E-state index contributed by atoms with van der Waals surface area (Å²) in [7, 11) is 3.92. The number of likely N-dealkylation sites (tertiary alicyclic amines) is 1. The van der Waals surface area contributed by atoms with E-state index in [0.717, 1.165) is 31.6 Å². The maximum atomic E-state index is 13.7. The van der Waals surface area contributed by atoms with Crippen LogP contribution in [-0.4, -0.2) is 67.0 Å². The summed E-state index contributed by atoms with van der Waals surface area (Å²) in [6.07, 6.45) is 1.83. The van der Waals surface area contributed by atoms with E-state index in [9.17, 15) is 9.59 Å². The molecule has 0 radical (unpaired) electrons. The molecule has 148 valence electrons. The zero-order chi connectivity index (χ0) is 19.8. The minimum absolute atomic E-state index is 0.140. The quantitative estimate of drug-likeness (QED) is 0.650. The lowest BCUT2D eigenvalue weighted by Crippen LogP contribution is -2.57. The molecule has 1 aromatic rings. The van der Waals surface area contributed by atoms with Crippen LogP contribution in [0.2, 0.25) is 0 Å². The Hall–Kier alpha value is -2.08. The summed E-state index contributed by atoms with van der Waals surface area (Å²) in [5, 5.41) is 3.25. The molecule has 1 N–H and O–H groups in total. The van der Waals surface area contributed by atoms with Crippen LogP contribution in [0.3, 0.4) is 0 Å². The van der Waals surface area contributed by atoms with Crippen molar-refractivity contribution >= 4 is 17.6 Å². The number of nitrogens with zero attached hydrogens (tertiary/aromatic N) is 2. The molecule has 2 heterocycles. The van der Waals surface area contributed by atoms with E-state index in [2.05, 4.69) is 17.3 Å². The number of hydrogen-bond donors (Lipinski definition) is 1. The number of hydrogen-bond acceptors (Lipinski definition) is 5. The Kier molecular flexibility index (Phi) is 5.21. The van der Waals surface area contributed by atoms with E-state index in [-0.39, 0.29) is 18.5 Å². The number of benzene rings is 1. The molecule has 0 saturated carbocycles. The van der Waals surface area contributed by atoms with Crippen molar-refractivity contribution in [2.75, 3.05) is 39.0 Å². The Morgan fingerprint density at radius 2 is 1.85 bits per heavy atom. The minimum atomic E-state index is -1.33. The molecule has 1 aromatic carbocycles. The highest BCUT2D eigenvalue weighted by Crippen LogP contribution is 2.40. The van der Waals surface area contributed by atoms with Gasteiger partial charge in [0.1, 0.15) is 5.60 Å². The van der Waals surface area contributed by atoms with Crippen molar-refractivity contribution in [3.05, 3.63) is 29.8 Å². The first-order valence-electron chi connectivity index (χ1n) is 9.68. The lowest BCUT2D eigenvalue weighted by atomic mass is 9.80. The monoisotopic (exact) mass is 373 g/mol. The molecule has 0 aromatic heterocycles. The molecule has 27 heavy (non-hydrogen) atoms. The first kappa shape index (κ1) is 19.7. The number of amides is 1. The van der Waals surface area contributed by atoms with Crippen LogP contribution in [0.5, 0.6) is 0 Å². The van der Waals surface area contributed by atoms with E-state index in [1.165, 1.54) is 0 Å². The summed E-state index contributed by atoms with van der Waals surface area (Å²) in [6, 6.07) is 7.68. The average molecular weight is 373 g/mol. The Bertz CT molecular complexity index is 720. The molecule has 2 aliphatic rings. The van der Waals surface area contributed by atoms with Crippen LogP contribution >= 0.6 is 0 Å². The summed E-state index contributed by atoms with van der Waals surface area (Å²) in [4.78, 5) is 31.1. The number of para-hydroxylation sites is 1. The van der Waals surface area contributed by atoms with Crippen LogP contribution < -0.4 is 5.32 Å². The normalized spacial score (nSPS) is 23.4. The van der Waals surface area contributed by atoms with Crippen molar-refractivity contribution in [2.24, 2.45) is 0 Å². The molecular weight excluding hydrogens is 342 g/mol. The molecule has 2 aliphatic heterocycles. The predicted octanol–water partition coefficient (Wildman–Crippen LogP) is 2.24. The van der Waals surface area contributed by atoms with Crippen LogP contribution in [0.15, 0.2) is 24.3 Å². The number of carbonyl (C=O) groups is 2. The number of carbonyl (C=O) groups excluding carboxylic acids is 2. The number of piperidine rings is 1. The third kappa shape index (κ3) is 3.68. The molecule has 1 atom stereocenters. The summed E-state index contributed by atoms with van der Waals surface area (Å²) >= 11 is 0. The molecule has 0 bridgehead atoms. The first-order valence-corrected chi connectivity index (χ1v) is 9.68. The van der Waals surface area contributed by atoms with E-state index in [1.807, 2.05) is 52.1 Å². The molecule has 6 heteroatoms. The summed E-state index contributed by atoms with van der Waals surface area (Å²) < 4.78 is 5.72. The lowest BCUT2D eigenvalue weighted by Gasteiger charge is -2.39. The van der Waals surface area contributed by atoms with Gasteiger partial charge in [0.15, 0.2) is 5.41 Å². The van der Waals surface area contributed by atoms with Crippen LogP contribution in [0.4, 0.5) is 5.69 Å². The van der Waals surface area contributed by atoms with E-state index in [1.54, 1.807) is 4.90 Å². The summed E-state index contributed by atoms with van der Waals surface area (Å²) in [5.41, 5.74) is -0.451. The highest BCUT2D eigenvalue weighted by atomic mass is 16.6. The van der Waals surface area contributed by atoms with Gasteiger partial charge in [-0.25, -0.2) is 0 Å². The van der Waals surface area contributed by atoms with E-state index in [0.29, 0.717) is 5.56 Å². The lowest BCUT2D eigenvalue weighted by molar-refractivity contribution is -0.167. The first-order chi connectivity index (χ1) is 12.6. The fraction of sp³-hybridized carbons (Fsp3) is 0.619. The van der Waals surface area contributed by atoms with Gasteiger partial charge in [0.2, 0.25) is 5.91 Å². The number of likely N-dealkylation sites (N-methyl/N-ethyl adjacent to an activating group) is 1. The SMILES string of the molecule is CN1CCC(N(C)C(=O)C2(C(=O)OC(C)(C)C)CNc3ccccc32)CC1. The van der Waals surface area contributed by atoms with Gasteiger partial charge < -0.3 is 19.9 Å². The number of ether oxygens (including phenoxy) is 1. The second kappa shape index (κ2) is 7.15. The zero-order valence-electron chi connectivity index (χ0n) is 17.0. The van der Waals surface area contributed by atoms with E-state index >= 15 is 0 Å². The van der Waals surface area contributed by atoms with Gasteiger partial charge in [0.05, 0.1) is 0 Å². The predicted molar refractivity (Wildman–Crippen MR) is 106 cm³/mol. The largest absolute Gasteiger partial charge is 0.459 e. The Balaban J connectivity index is 1.96. The van der Waals surface area contributed by atoms with Crippen LogP contribution in [-0.2, 0) is 19.7 Å². The fourth-order valence-electron chi connectivity index (χ4n) is 4.01. The summed E-state index contributed by atoms with van der Waals surface area (Å²) in [5.74, 6) is -0.652. The van der Waals surface area contributed by atoms with Gasteiger partial charge in [-0.3, -0.25) is 9.59 Å². The highest BCUT2D eigenvalue weighted by Gasteiger charge is 2.56. The second-order valence-electron chi connectivity index (χ2n) is 8.76. The third-order valence-corrected chi connectivity index (χ3v) is 5.60. The topological polar surface area (TPSA) is 61.9 Å². The maximum absolute atomic E-state index is 13.7. The van der Waals surface area contributed by atoms with Gasteiger partial charge in [-0.2, -0.15) is 0 Å². The van der Waals surface area contributed by atoms with Gasteiger partial charge in [-0.1, -0.05) is 18.2 Å². The molecule has 0 spiro atoms. The number of anilines is 1. The Labute approximate surface area is 161 Å². The zero-order valence-corrected chi connectivity index (χ0v) is 17.0. The van der Waals surface area contributed by atoms with Crippen molar-refractivity contribution in [3.63, 3.8) is 0 Å². The minimum Gasteiger partial charge on any atom is -0.459 e. The number of rotatable bonds is 3. The molecule has 1 saturated heterocycles. The summed E-state index contributed by atoms with van der Waals surface area (Å²) in [6.45, 7) is 7.64. The third-order valence-electron chi connectivity index (χ3n) is 5.60. The number of esters is 1. The smallest absolute Gasteiger partial charge is 0.328 e. The molecule has 3 rings (SSSR count). The van der Waals surface area contributed by atoms with Gasteiger partial charge in [-0.05, 0) is 59.8 Å². The standard InChI is InChI=1S/C21H31N3O3/c1-20(2,3)27-19(26)21(14-22-17-9-7-6-8-16(17)21)18(25)24(5)15-10-12-23(4)13-11-15/h6-9,15,22H,10-14H2,1-5H3. The van der Waals surface area contributed by atoms with Crippen molar-refractivity contribution < 1.29 is 14.3 Å². The van der Waals surface area contributed by atoms with Gasteiger partial charge in [-0.15, -0.1) is 0 Å². The van der Waals surface area contributed by atoms with Crippen molar-refractivity contribution in [1.82, 2.24) is 9.80 Å². The maximum Gasteiger partial charge on any atom is 0.328 e. The number of nitrogens with one attached hydrogen (secondary N) is 1. The van der Waals surface area contributed by atoms with Gasteiger partial charge >= 0.3 is 5.97 Å². The molecule has 1 amide bonds. The van der Waals surface area contributed by atoms with Crippen molar-refractivity contribution in [2.45, 2.75) is 50.7 Å². The molecule has 0 aliphatic carbocycles. The van der Waals surface area contributed by atoms with Crippen molar-refractivity contribution in [1.29, 1.82) is 0 Å².